The molecule has 1 nitrogen and oxygen atoms in total. The molecule has 0 saturated heterocycles. The number of benzene rings is 1. The van der Waals surface area contributed by atoms with Crippen molar-refractivity contribution in [2.24, 2.45) is 0 Å². The molecule has 2 unspecified atom stereocenters. The van der Waals surface area contributed by atoms with Gasteiger partial charge in [0.05, 0.1) is 0 Å². The molecule has 1 aromatic rings. The number of rotatable bonds is 6. The molecule has 0 aliphatic heterocycles. The third-order valence-corrected chi connectivity index (χ3v) is 3.33. The Labute approximate surface area is 117 Å². The monoisotopic (exact) mass is 291 g/mol. The Kier molecular flexibility index (Phi) is 5.99. The number of halogens is 4. The molecule has 114 valence electrons. The van der Waals surface area contributed by atoms with Crippen LogP contribution in [0, 0.1) is 12.7 Å². The molecule has 0 fully saturated rings. The zero-order valence-electron chi connectivity index (χ0n) is 12.0. The van der Waals surface area contributed by atoms with E-state index in [2.05, 4.69) is 5.32 Å². The first-order valence-electron chi connectivity index (χ1n) is 6.78. The van der Waals surface area contributed by atoms with Crippen LogP contribution in [0.1, 0.15) is 50.3 Å². The molecule has 20 heavy (non-hydrogen) atoms. The summed E-state index contributed by atoms with van der Waals surface area (Å²) in [5, 5.41) is 3.20. The van der Waals surface area contributed by atoms with Gasteiger partial charge in [-0.15, -0.1) is 0 Å². The summed E-state index contributed by atoms with van der Waals surface area (Å²) < 4.78 is 49.6. The molecule has 1 rings (SSSR count). The van der Waals surface area contributed by atoms with Gasteiger partial charge in [0.1, 0.15) is 5.82 Å². The minimum Gasteiger partial charge on any atom is -0.308 e. The van der Waals surface area contributed by atoms with Crippen LogP contribution in [0.15, 0.2) is 18.2 Å². The minimum absolute atomic E-state index is 0.0447. The maximum absolute atomic E-state index is 13.5. The van der Waals surface area contributed by atoms with Crippen molar-refractivity contribution in [3.05, 3.63) is 35.1 Å². The Balaban J connectivity index is 2.44. The summed E-state index contributed by atoms with van der Waals surface area (Å²) >= 11 is 0. The molecule has 0 amide bonds. The Hall–Kier alpha value is -1.10. The molecule has 0 heterocycles. The summed E-state index contributed by atoms with van der Waals surface area (Å²) in [5.74, 6) is -0.263. The summed E-state index contributed by atoms with van der Waals surface area (Å²) in [6.45, 7) is 5.42. The maximum atomic E-state index is 13.5. The predicted molar refractivity (Wildman–Crippen MR) is 72.1 cm³/mol. The van der Waals surface area contributed by atoms with Crippen molar-refractivity contribution in [3.63, 3.8) is 0 Å². The van der Waals surface area contributed by atoms with E-state index >= 15 is 0 Å². The van der Waals surface area contributed by atoms with Gasteiger partial charge in [-0.05, 0) is 50.8 Å². The summed E-state index contributed by atoms with van der Waals surface area (Å²) in [5.41, 5.74) is 1.38. The lowest BCUT2D eigenvalue weighted by molar-refractivity contribution is -0.135. The van der Waals surface area contributed by atoms with E-state index < -0.39 is 12.6 Å². The first-order chi connectivity index (χ1) is 9.19. The Morgan fingerprint density at radius 1 is 1.20 bits per heavy atom. The second-order valence-corrected chi connectivity index (χ2v) is 5.31. The second kappa shape index (κ2) is 7.07. The number of nitrogens with one attached hydrogen (secondary N) is 1. The summed E-state index contributed by atoms with van der Waals surface area (Å²) in [4.78, 5) is 0. The SMILES string of the molecule is Cc1ccc(C(C)NC(C)CCCC(F)(F)F)cc1F. The molecule has 0 bridgehead atoms. The Morgan fingerprint density at radius 2 is 1.85 bits per heavy atom. The molecule has 1 N–H and O–H groups in total. The summed E-state index contributed by atoms with van der Waals surface area (Å²) in [6.07, 6.45) is -4.30. The fraction of sp³-hybridized carbons (Fsp3) is 0.600. The van der Waals surface area contributed by atoms with Crippen molar-refractivity contribution >= 4 is 0 Å². The highest BCUT2D eigenvalue weighted by Gasteiger charge is 2.26. The molecule has 0 aliphatic rings. The lowest BCUT2D eigenvalue weighted by Gasteiger charge is -2.21. The lowest BCUT2D eigenvalue weighted by Crippen LogP contribution is -2.29. The molecule has 0 aromatic heterocycles. The fourth-order valence-electron chi connectivity index (χ4n) is 2.09. The van der Waals surface area contributed by atoms with E-state index in [0.717, 1.165) is 5.56 Å². The Bertz CT molecular complexity index is 428. The summed E-state index contributed by atoms with van der Waals surface area (Å²) in [7, 11) is 0. The van der Waals surface area contributed by atoms with Gasteiger partial charge in [-0.25, -0.2) is 4.39 Å². The molecule has 0 spiro atoms. The van der Waals surface area contributed by atoms with E-state index in [0.29, 0.717) is 12.0 Å². The van der Waals surface area contributed by atoms with Gasteiger partial charge in [-0.1, -0.05) is 12.1 Å². The van der Waals surface area contributed by atoms with Gasteiger partial charge in [-0.2, -0.15) is 13.2 Å². The maximum Gasteiger partial charge on any atom is 0.389 e. The number of aryl methyl sites for hydroxylation is 1. The minimum atomic E-state index is -4.09. The normalized spacial score (nSPS) is 15.2. The van der Waals surface area contributed by atoms with Crippen LogP contribution >= 0.6 is 0 Å². The third kappa shape index (κ3) is 5.90. The van der Waals surface area contributed by atoms with Crippen molar-refractivity contribution in [1.29, 1.82) is 0 Å². The van der Waals surface area contributed by atoms with Gasteiger partial charge in [-0.3, -0.25) is 0 Å². The van der Waals surface area contributed by atoms with Gasteiger partial charge in [0, 0.05) is 18.5 Å². The van der Waals surface area contributed by atoms with Crippen LogP contribution in [-0.2, 0) is 0 Å². The van der Waals surface area contributed by atoms with Gasteiger partial charge < -0.3 is 5.32 Å². The molecule has 2 atom stereocenters. The molecule has 1 aromatic carbocycles. The van der Waals surface area contributed by atoms with E-state index in [-0.39, 0.29) is 24.3 Å². The van der Waals surface area contributed by atoms with E-state index in [4.69, 9.17) is 0 Å². The lowest BCUT2D eigenvalue weighted by atomic mass is 10.0. The van der Waals surface area contributed by atoms with Gasteiger partial charge in [0.15, 0.2) is 0 Å². The van der Waals surface area contributed by atoms with E-state index in [9.17, 15) is 17.6 Å². The van der Waals surface area contributed by atoms with Crippen molar-refractivity contribution in [1.82, 2.24) is 5.32 Å². The highest BCUT2D eigenvalue weighted by atomic mass is 19.4. The highest BCUT2D eigenvalue weighted by Crippen LogP contribution is 2.23. The average Bonchev–Trinajstić information content (AvgIpc) is 2.30. The van der Waals surface area contributed by atoms with Crippen molar-refractivity contribution in [3.8, 4) is 0 Å². The average molecular weight is 291 g/mol. The largest absolute Gasteiger partial charge is 0.389 e. The third-order valence-electron chi connectivity index (χ3n) is 3.33. The van der Waals surface area contributed by atoms with E-state index in [1.54, 1.807) is 13.0 Å². The van der Waals surface area contributed by atoms with Crippen molar-refractivity contribution in [2.75, 3.05) is 0 Å². The molecule has 0 saturated carbocycles. The van der Waals surface area contributed by atoms with Crippen molar-refractivity contribution < 1.29 is 17.6 Å². The highest BCUT2D eigenvalue weighted by molar-refractivity contribution is 5.25. The van der Waals surface area contributed by atoms with Crippen LogP contribution in [0.3, 0.4) is 0 Å². The first-order valence-corrected chi connectivity index (χ1v) is 6.78. The molecule has 0 aliphatic carbocycles. The second-order valence-electron chi connectivity index (χ2n) is 5.31. The predicted octanol–water partition coefficient (Wildman–Crippen LogP) is 4.91. The molecular formula is C15H21F4N. The Morgan fingerprint density at radius 3 is 2.40 bits per heavy atom. The smallest absolute Gasteiger partial charge is 0.308 e. The number of hydrogen-bond donors (Lipinski definition) is 1. The summed E-state index contributed by atoms with van der Waals surface area (Å²) in [6, 6.07) is 4.87. The van der Waals surface area contributed by atoms with Crippen molar-refractivity contribution in [2.45, 2.75) is 58.3 Å². The van der Waals surface area contributed by atoms with Crippen LogP contribution in [0.2, 0.25) is 0 Å². The number of alkyl halides is 3. The molecular weight excluding hydrogens is 270 g/mol. The zero-order chi connectivity index (χ0) is 15.3. The quantitative estimate of drug-likeness (QED) is 0.735. The standard InChI is InChI=1S/C15H21F4N/c1-10-6-7-13(9-14(10)16)12(3)20-11(2)5-4-8-15(17,18)19/h6-7,9,11-12,20H,4-5,8H2,1-3H3. The first kappa shape index (κ1) is 17.0. The van der Waals surface area contributed by atoms with Gasteiger partial charge in [0.2, 0.25) is 0 Å². The van der Waals surface area contributed by atoms with Gasteiger partial charge in [0.25, 0.3) is 0 Å². The zero-order valence-corrected chi connectivity index (χ0v) is 12.0. The van der Waals surface area contributed by atoms with Crippen LogP contribution in [0.4, 0.5) is 17.6 Å². The fourth-order valence-corrected chi connectivity index (χ4v) is 2.09. The van der Waals surface area contributed by atoms with E-state index in [1.807, 2.05) is 19.9 Å². The van der Waals surface area contributed by atoms with Crippen LogP contribution in [0.25, 0.3) is 0 Å². The van der Waals surface area contributed by atoms with Crippen LogP contribution in [0.5, 0.6) is 0 Å². The van der Waals surface area contributed by atoms with E-state index in [1.165, 1.54) is 6.07 Å². The topological polar surface area (TPSA) is 12.0 Å². The van der Waals surface area contributed by atoms with Crippen LogP contribution in [-0.4, -0.2) is 12.2 Å². The number of hydrogen-bond acceptors (Lipinski definition) is 1. The van der Waals surface area contributed by atoms with Gasteiger partial charge >= 0.3 is 6.18 Å². The molecule has 0 radical (unpaired) electrons. The molecule has 5 heteroatoms. The van der Waals surface area contributed by atoms with Crippen LogP contribution < -0.4 is 5.32 Å².